The number of benzene rings is 2. The second-order valence-corrected chi connectivity index (χ2v) is 10.5. The number of amides is 1. The molecule has 8 heteroatoms. The third-order valence-corrected chi connectivity index (χ3v) is 7.78. The zero-order valence-electron chi connectivity index (χ0n) is 24.2. The van der Waals surface area contributed by atoms with Gasteiger partial charge in [-0.3, -0.25) is 9.59 Å². The maximum Gasteiger partial charge on any atom is 0.335 e. The van der Waals surface area contributed by atoms with Crippen molar-refractivity contribution >= 4 is 28.7 Å². The molecule has 1 heterocycles. The van der Waals surface area contributed by atoms with E-state index >= 15 is 0 Å². The van der Waals surface area contributed by atoms with Crippen LogP contribution in [0.2, 0.25) is 0 Å². The maximum absolute atomic E-state index is 13.5. The number of nitrogens with zero attached hydrogens (tertiary/aromatic N) is 2. The average molecular weight is 567 g/mol. The van der Waals surface area contributed by atoms with Crippen molar-refractivity contribution in [2.75, 3.05) is 20.8 Å². The van der Waals surface area contributed by atoms with E-state index in [0.29, 0.717) is 22.5 Å². The molecular formula is C34H34N2O6. The van der Waals surface area contributed by atoms with E-state index in [4.69, 9.17) is 9.47 Å². The highest BCUT2D eigenvalue weighted by atomic mass is 16.5. The van der Waals surface area contributed by atoms with Crippen molar-refractivity contribution in [1.29, 1.82) is 0 Å². The van der Waals surface area contributed by atoms with Gasteiger partial charge in [0.1, 0.15) is 12.3 Å². The number of carboxylic acids is 1. The van der Waals surface area contributed by atoms with Crippen molar-refractivity contribution < 1.29 is 29.0 Å². The van der Waals surface area contributed by atoms with E-state index in [0.717, 1.165) is 48.6 Å². The minimum Gasteiger partial charge on any atom is -0.497 e. The summed E-state index contributed by atoms with van der Waals surface area (Å²) in [6.07, 6.45) is 5.30. The highest BCUT2D eigenvalue weighted by molar-refractivity contribution is 6.02. The van der Waals surface area contributed by atoms with Crippen molar-refractivity contribution in [2.24, 2.45) is 0 Å². The number of carbonyl (C=O) groups excluding carboxylic acids is 2. The summed E-state index contributed by atoms with van der Waals surface area (Å²) in [6.45, 7) is 1.97. The van der Waals surface area contributed by atoms with E-state index in [2.05, 4.69) is 18.2 Å². The van der Waals surface area contributed by atoms with Crippen LogP contribution in [0.5, 0.6) is 5.75 Å². The van der Waals surface area contributed by atoms with Crippen LogP contribution in [0.4, 0.5) is 0 Å². The van der Waals surface area contributed by atoms with Gasteiger partial charge in [-0.05, 0) is 80.6 Å². The van der Waals surface area contributed by atoms with Crippen LogP contribution in [0, 0.1) is 12.1 Å². The Balaban J connectivity index is 1.68. The number of ether oxygens (including phenoxy) is 2. The first-order valence-electron chi connectivity index (χ1n) is 14.2. The Morgan fingerprint density at radius 3 is 2.43 bits per heavy atom. The summed E-state index contributed by atoms with van der Waals surface area (Å²) in [4.78, 5) is 39.9. The third-order valence-electron chi connectivity index (χ3n) is 7.78. The molecule has 1 aliphatic rings. The molecule has 4 aromatic rings. The van der Waals surface area contributed by atoms with Gasteiger partial charge in [-0.25, -0.2) is 4.79 Å². The van der Waals surface area contributed by atoms with Crippen molar-refractivity contribution in [3.05, 3.63) is 88.6 Å². The molecule has 0 unspecified atom stereocenters. The van der Waals surface area contributed by atoms with Gasteiger partial charge in [0.2, 0.25) is 0 Å². The molecule has 216 valence electrons. The molecule has 0 saturated heterocycles. The summed E-state index contributed by atoms with van der Waals surface area (Å²) < 4.78 is 12.3. The molecule has 8 nitrogen and oxygen atoms in total. The SMILES string of the molecule is CCOC(=O)Cn1c(CN(C)C(=O)c2ccc(OC)cc2)c(-c2c#cc3c(c2)CCCCC3)c2ccc(C(=O)O)cc21. The van der Waals surface area contributed by atoms with Crippen LogP contribution >= 0.6 is 0 Å². The molecule has 1 N–H and O–H groups in total. The number of aromatic carboxylic acids is 1. The largest absolute Gasteiger partial charge is 0.497 e. The number of hydrogen-bond donors (Lipinski definition) is 1. The summed E-state index contributed by atoms with van der Waals surface area (Å²) in [5.41, 5.74) is 5.84. The zero-order chi connectivity index (χ0) is 29.8. The van der Waals surface area contributed by atoms with Crippen LogP contribution in [0.1, 0.15) is 63.7 Å². The molecule has 1 aromatic heterocycles. The van der Waals surface area contributed by atoms with Crippen molar-refractivity contribution in [3.63, 3.8) is 0 Å². The Morgan fingerprint density at radius 1 is 0.976 bits per heavy atom. The van der Waals surface area contributed by atoms with E-state index in [-0.39, 0.29) is 31.2 Å². The molecule has 1 aliphatic carbocycles. The monoisotopic (exact) mass is 566 g/mol. The molecule has 3 aromatic carbocycles. The number of fused-ring (bicyclic) bond motifs is 2. The van der Waals surface area contributed by atoms with E-state index in [1.54, 1.807) is 73.0 Å². The van der Waals surface area contributed by atoms with E-state index in [1.807, 2.05) is 0 Å². The van der Waals surface area contributed by atoms with Crippen molar-refractivity contribution in [3.8, 4) is 16.9 Å². The predicted molar refractivity (Wildman–Crippen MR) is 159 cm³/mol. The lowest BCUT2D eigenvalue weighted by Gasteiger charge is -2.20. The van der Waals surface area contributed by atoms with Gasteiger partial charge in [0, 0.05) is 40.4 Å². The first kappa shape index (κ1) is 28.7. The fourth-order valence-corrected chi connectivity index (χ4v) is 5.66. The zero-order valence-corrected chi connectivity index (χ0v) is 24.2. The number of hydrogen-bond acceptors (Lipinski definition) is 5. The number of esters is 1. The smallest absolute Gasteiger partial charge is 0.335 e. The number of carboxylic acid groups (broad SMARTS) is 1. The third kappa shape index (κ3) is 5.82. The van der Waals surface area contributed by atoms with Gasteiger partial charge >= 0.3 is 11.9 Å². The number of aromatic nitrogens is 1. The molecule has 0 radical (unpaired) electrons. The van der Waals surface area contributed by atoms with E-state index < -0.39 is 11.9 Å². The van der Waals surface area contributed by atoms with Crippen molar-refractivity contribution in [2.45, 2.75) is 52.1 Å². The molecule has 0 atom stereocenters. The fraction of sp³-hybridized carbons (Fsp3) is 0.324. The van der Waals surface area contributed by atoms with Crippen LogP contribution in [0.3, 0.4) is 0 Å². The van der Waals surface area contributed by atoms with Gasteiger partial charge < -0.3 is 24.0 Å². The van der Waals surface area contributed by atoms with Gasteiger partial charge in [-0.15, -0.1) is 0 Å². The van der Waals surface area contributed by atoms with Crippen LogP contribution in [0.15, 0.2) is 48.5 Å². The minimum absolute atomic E-state index is 0.100. The Labute approximate surface area is 245 Å². The fourth-order valence-electron chi connectivity index (χ4n) is 5.66. The van der Waals surface area contributed by atoms with Gasteiger partial charge in [-0.2, -0.15) is 0 Å². The summed E-state index contributed by atoms with van der Waals surface area (Å²) in [5.74, 6) is -1.08. The van der Waals surface area contributed by atoms with Gasteiger partial charge in [0.25, 0.3) is 5.91 Å². The van der Waals surface area contributed by atoms with Crippen LogP contribution < -0.4 is 4.74 Å². The summed E-state index contributed by atoms with van der Waals surface area (Å²) in [6, 6.07) is 20.7. The highest BCUT2D eigenvalue weighted by Gasteiger charge is 2.25. The van der Waals surface area contributed by atoms with Gasteiger partial charge in [0.05, 0.1) is 31.3 Å². The Hall–Kier alpha value is -4.77. The van der Waals surface area contributed by atoms with Gasteiger partial charge in [-0.1, -0.05) is 24.6 Å². The quantitative estimate of drug-likeness (QED) is 0.206. The molecule has 0 bridgehead atoms. The second-order valence-electron chi connectivity index (χ2n) is 10.5. The summed E-state index contributed by atoms with van der Waals surface area (Å²) in [7, 11) is 3.28. The highest BCUT2D eigenvalue weighted by Crippen LogP contribution is 2.37. The molecule has 0 fully saturated rings. The van der Waals surface area contributed by atoms with Crippen molar-refractivity contribution in [1.82, 2.24) is 9.47 Å². The van der Waals surface area contributed by atoms with E-state index in [9.17, 15) is 19.5 Å². The van der Waals surface area contributed by atoms with Crippen LogP contribution in [0.25, 0.3) is 22.0 Å². The minimum atomic E-state index is -1.07. The standard InChI is InChI=1S/C34H34N2O6/c1-4-42-31(37)21-36-29-19-26(34(39)40)14-17-28(29)32(25-11-10-22-8-6-5-7-9-24(22)18-25)30(36)20-35(2)33(38)23-12-15-27(41-3)16-13-23/h12-19H,4-9,20-21H2,1-3H3,(H,39,40). The maximum atomic E-state index is 13.5. The molecule has 42 heavy (non-hydrogen) atoms. The average Bonchev–Trinajstić information content (AvgIpc) is 3.11. The Kier molecular flexibility index (Phi) is 8.48. The molecule has 1 amide bonds. The molecule has 5 rings (SSSR count). The van der Waals surface area contributed by atoms with Crippen LogP contribution in [-0.4, -0.2) is 53.2 Å². The van der Waals surface area contributed by atoms with E-state index in [1.165, 1.54) is 11.1 Å². The normalized spacial score (nSPS) is 12.6. The number of carbonyl (C=O) groups is 3. The molecule has 0 spiro atoms. The predicted octanol–water partition coefficient (Wildman–Crippen LogP) is 5.72. The first-order valence-corrected chi connectivity index (χ1v) is 14.2. The van der Waals surface area contributed by atoms with Crippen LogP contribution in [-0.2, 0) is 35.5 Å². The number of rotatable bonds is 9. The molecule has 0 aliphatic heterocycles. The topological polar surface area (TPSA) is 98.1 Å². The molecule has 0 saturated carbocycles. The first-order chi connectivity index (χ1) is 20.3. The lowest BCUT2D eigenvalue weighted by molar-refractivity contribution is -0.143. The number of methoxy groups -OCH3 is 1. The summed E-state index contributed by atoms with van der Waals surface area (Å²) >= 11 is 0. The summed E-state index contributed by atoms with van der Waals surface area (Å²) in [5, 5.41) is 10.5. The second kappa shape index (κ2) is 12.4. The Morgan fingerprint density at radius 2 is 1.71 bits per heavy atom. The lowest BCUT2D eigenvalue weighted by atomic mass is 9.96. The lowest BCUT2D eigenvalue weighted by Crippen LogP contribution is -2.28. The molecular weight excluding hydrogens is 532 g/mol. The van der Waals surface area contributed by atoms with Gasteiger partial charge in [0.15, 0.2) is 0 Å². The Bertz CT molecular complexity index is 1640. The number of aryl methyl sites for hydroxylation is 1.